The Hall–Kier alpha value is -2.20. The molecule has 0 aromatic rings. The highest BCUT2D eigenvalue weighted by Gasteiger charge is 2.34. The SMILES string of the molecule is CCC(C)C(NC(=O)C(N)CC(C)C)C(=O)NC(C(=O)NC(C(=O)O)C(C)O)C(C)C. The zero-order chi connectivity index (χ0) is 24.5. The minimum Gasteiger partial charge on any atom is -0.480 e. The summed E-state index contributed by atoms with van der Waals surface area (Å²) < 4.78 is 0. The molecule has 10 nitrogen and oxygen atoms in total. The molecule has 0 aromatic heterocycles. The summed E-state index contributed by atoms with van der Waals surface area (Å²) in [5.41, 5.74) is 5.93. The predicted molar refractivity (Wildman–Crippen MR) is 117 cm³/mol. The van der Waals surface area contributed by atoms with Crippen LogP contribution in [0.4, 0.5) is 0 Å². The van der Waals surface area contributed by atoms with Crippen LogP contribution in [0.1, 0.15) is 61.3 Å². The molecule has 0 aliphatic heterocycles. The summed E-state index contributed by atoms with van der Waals surface area (Å²) in [6.45, 7) is 12.2. The molecule has 0 aromatic carbocycles. The normalized spacial score (nSPS) is 17.3. The molecule has 0 fully saturated rings. The molecule has 0 heterocycles. The van der Waals surface area contributed by atoms with Gasteiger partial charge >= 0.3 is 5.97 Å². The van der Waals surface area contributed by atoms with E-state index in [2.05, 4.69) is 16.0 Å². The van der Waals surface area contributed by atoms with Gasteiger partial charge < -0.3 is 31.9 Å². The number of aliphatic carboxylic acids is 1. The minimum atomic E-state index is -1.51. The molecule has 31 heavy (non-hydrogen) atoms. The van der Waals surface area contributed by atoms with Crippen LogP contribution in [0.15, 0.2) is 0 Å². The van der Waals surface area contributed by atoms with Crippen molar-refractivity contribution in [1.82, 2.24) is 16.0 Å². The Morgan fingerprint density at radius 3 is 1.65 bits per heavy atom. The van der Waals surface area contributed by atoms with Gasteiger partial charge in [0, 0.05) is 0 Å². The number of carbonyl (C=O) groups excluding carboxylic acids is 3. The van der Waals surface area contributed by atoms with Crippen LogP contribution in [0.2, 0.25) is 0 Å². The van der Waals surface area contributed by atoms with E-state index in [0.29, 0.717) is 12.8 Å². The molecule has 0 aliphatic carbocycles. The molecule has 10 heteroatoms. The van der Waals surface area contributed by atoms with Crippen molar-refractivity contribution >= 4 is 23.7 Å². The van der Waals surface area contributed by atoms with Gasteiger partial charge in [0.15, 0.2) is 6.04 Å². The molecule has 7 N–H and O–H groups in total. The average Bonchev–Trinajstić information content (AvgIpc) is 2.65. The van der Waals surface area contributed by atoms with Gasteiger partial charge in [0.05, 0.1) is 12.1 Å². The van der Waals surface area contributed by atoms with Crippen LogP contribution in [0.3, 0.4) is 0 Å². The number of nitrogens with one attached hydrogen (secondary N) is 3. The van der Waals surface area contributed by atoms with Gasteiger partial charge in [0.1, 0.15) is 12.1 Å². The first kappa shape index (κ1) is 28.8. The van der Waals surface area contributed by atoms with Crippen LogP contribution in [-0.4, -0.2) is 64.2 Å². The number of carboxylic acid groups (broad SMARTS) is 1. The molecule has 3 amide bonds. The summed E-state index contributed by atoms with van der Waals surface area (Å²) in [5.74, 6) is -3.51. The van der Waals surface area contributed by atoms with Crippen LogP contribution in [0.5, 0.6) is 0 Å². The van der Waals surface area contributed by atoms with Crippen molar-refractivity contribution in [3.05, 3.63) is 0 Å². The highest BCUT2D eigenvalue weighted by molar-refractivity contribution is 5.94. The third-order valence-electron chi connectivity index (χ3n) is 5.15. The number of aliphatic hydroxyl groups excluding tert-OH is 1. The van der Waals surface area contributed by atoms with Crippen molar-refractivity contribution in [2.24, 2.45) is 23.5 Å². The van der Waals surface area contributed by atoms with E-state index in [4.69, 9.17) is 5.73 Å². The summed E-state index contributed by atoms with van der Waals surface area (Å²) in [7, 11) is 0. The summed E-state index contributed by atoms with van der Waals surface area (Å²) in [5, 5.41) is 26.3. The van der Waals surface area contributed by atoms with Gasteiger partial charge in [-0.2, -0.15) is 0 Å². The van der Waals surface area contributed by atoms with E-state index in [9.17, 15) is 29.4 Å². The Bertz CT molecular complexity index is 623. The first-order valence-electron chi connectivity index (χ1n) is 10.8. The highest BCUT2D eigenvalue weighted by atomic mass is 16.4. The lowest BCUT2D eigenvalue weighted by molar-refractivity contribution is -0.145. The Kier molecular flexibility index (Phi) is 12.3. The molecule has 6 unspecified atom stereocenters. The summed E-state index contributed by atoms with van der Waals surface area (Å²) >= 11 is 0. The number of nitrogens with two attached hydrogens (primary N) is 1. The maximum Gasteiger partial charge on any atom is 0.328 e. The molecule has 0 bridgehead atoms. The predicted octanol–water partition coefficient (Wildman–Crippen LogP) is -0.0183. The van der Waals surface area contributed by atoms with Crippen LogP contribution < -0.4 is 21.7 Å². The molecule has 0 radical (unpaired) electrons. The van der Waals surface area contributed by atoms with Gasteiger partial charge in [-0.05, 0) is 31.1 Å². The Labute approximate surface area is 184 Å². The van der Waals surface area contributed by atoms with Gasteiger partial charge in [0.25, 0.3) is 0 Å². The van der Waals surface area contributed by atoms with Crippen LogP contribution in [0.25, 0.3) is 0 Å². The fraction of sp³-hybridized carbons (Fsp3) is 0.810. The molecular formula is C21H40N4O6. The lowest BCUT2D eigenvalue weighted by Crippen LogP contribution is -2.60. The lowest BCUT2D eigenvalue weighted by atomic mass is 9.95. The Morgan fingerprint density at radius 1 is 0.806 bits per heavy atom. The van der Waals surface area contributed by atoms with Crippen molar-refractivity contribution in [2.75, 3.05) is 0 Å². The smallest absolute Gasteiger partial charge is 0.328 e. The maximum absolute atomic E-state index is 13.0. The number of rotatable bonds is 13. The average molecular weight is 445 g/mol. The van der Waals surface area contributed by atoms with Crippen molar-refractivity contribution in [2.45, 2.75) is 91.6 Å². The number of aliphatic hydroxyl groups is 1. The maximum atomic E-state index is 13.0. The molecule has 6 atom stereocenters. The van der Waals surface area contributed by atoms with E-state index < -0.39 is 54.0 Å². The molecular weight excluding hydrogens is 404 g/mol. The topological polar surface area (TPSA) is 171 Å². The van der Waals surface area contributed by atoms with Gasteiger partial charge in [-0.25, -0.2) is 4.79 Å². The fourth-order valence-electron chi connectivity index (χ4n) is 2.99. The second-order valence-electron chi connectivity index (χ2n) is 8.90. The highest BCUT2D eigenvalue weighted by Crippen LogP contribution is 2.12. The monoisotopic (exact) mass is 444 g/mol. The van der Waals surface area contributed by atoms with E-state index in [1.54, 1.807) is 20.8 Å². The Balaban J connectivity index is 5.47. The number of carbonyl (C=O) groups is 4. The van der Waals surface area contributed by atoms with Crippen molar-refractivity contribution in [1.29, 1.82) is 0 Å². The van der Waals surface area contributed by atoms with E-state index in [-0.39, 0.29) is 17.8 Å². The van der Waals surface area contributed by atoms with E-state index in [1.165, 1.54) is 6.92 Å². The second kappa shape index (κ2) is 13.3. The largest absolute Gasteiger partial charge is 0.480 e. The molecule has 0 aliphatic rings. The number of hydrogen-bond donors (Lipinski definition) is 6. The van der Waals surface area contributed by atoms with Crippen molar-refractivity contribution in [3.8, 4) is 0 Å². The quantitative estimate of drug-likeness (QED) is 0.232. The number of hydrogen-bond acceptors (Lipinski definition) is 6. The van der Waals surface area contributed by atoms with Crippen LogP contribution in [-0.2, 0) is 19.2 Å². The van der Waals surface area contributed by atoms with Gasteiger partial charge in [-0.3, -0.25) is 14.4 Å². The summed E-state index contributed by atoms with van der Waals surface area (Å²) in [6, 6.07) is -4.23. The van der Waals surface area contributed by atoms with Crippen molar-refractivity contribution < 1.29 is 29.4 Å². The number of amides is 3. The third-order valence-corrected chi connectivity index (χ3v) is 5.15. The molecule has 180 valence electrons. The standard InChI is InChI=1S/C21H40N4O6/c1-8-12(6)16(24-18(27)14(22)9-10(2)3)20(29)23-15(11(4)5)19(28)25-17(13(7)26)21(30)31/h10-17,26H,8-9,22H2,1-7H3,(H,23,29)(H,24,27)(H,25,28)(H,30,31). The molecule has 0 saturated carbocycles. The van der Waals surface area contributed by atoms with Crippen molar-refractivity contribution in [3.63, 3.8) is 0 Å². The van der Waals surface area contributed by atoms with Gasteiger partial charge in [-0.15, -0.1) is 0 Å². The zero-order valence-electron chi connectivity index (χ0n) is 19.6. The first-order valence-corrected chi connectivity index (χ1v) is 10.8. The molecule has 0 spiro atoms. The summed E-state index contributed by atoms with van der Waals surface area (Å²) in [6.07, 6.45) is -0.257. The fourth-order valence-corrected chi connectivity index (χ4v) is 2.99. The third kappa shape index (κ3) is 9.65. The molecule has 0 saturated heterocycles. The van der Waals surface area contributed by atoms with Gasteiger partial charge in [-0.1, -0.05) is 48.0 Å². The van der Waals surface area contributed by atoms with Crippen LogP contribution in [0, 0.1) is 17.8 Å². The van der Waals surface area contributed by atoms with Gasteiger partial charge in [0.2, 0.25) is 17.7 Å². The zero-order valence-corrected chi connectivity index (χ0v) is 19.6. The molecule has 0 rings (SSSR count). The lowest BCUT2D eigenvalue weighted by Gasteiger charge is -2.29. The number of carboxylic acids is 1. The Morgan fingerprint density at radius 2 is 1.26 bits per heavy atom. The van der Waals surface area contributed by atoms with E-state index in [1.807, 2.05) is 20.8 Å². The first-order chi connectivity index (χ1) is 14.2. The van der Waals surface area contributed by atoms with E-state index in [0.717, 1.165) is 0 Å². The minimum absolute atomic E-state index is 0.210. The summed E-state index contributed by atoms with van der Waals surface area (Å²) in [4.78, 5) is 49.4. The van der Waals surface area contributed by atoms with Crippen LogP contribution >= 0.6 is 0 Å². The second-order valence-corrected chi connectivity index (χ2v) is 8.90. The van der Waals surface area contributed by atoms with E-state index >= 15 is 0 Å².